The Bertz CT molecular complexity index is 415. The van der Waals surface area contributed by atoms with Gasteiger partial charge in [-0.2, -0.15) is 0 Å². The lowest BCUT2D eigenvalue weighted by Gasteiger charge is -2.25. The summed E-state index contributed by atoms with van der Waals surface area (Å²) in [5.41, 5.74) is -0.818. The maximum atomic E-state index is 11.6. The predicted molar refractivity (Wildman–Crippen MR) is 76.3 cm³/mol. The zero-order valence-electron chi connectivity index (χ0n) is 12.5. The van der Waals surface area contributed by atoms with Crippen LogP contribution in [0.3, 0.4) is 0 Å². The third-order valence-corrected chi connectivity index (χ3v) is 3.54. The summed E-state index contributed by atoms with van der Waals surface area (Å²) in [6.07, 6.45) is 3.70. The number of amides is 2. The average Bonchev–Trinajstić information content (AvgIpc) is 2.92. The van der Waals surface area contributed by atoms with Crippen LogP contribution in [0.1, 0.15) is 39.4 Å². The number of aromatic nitrogens is 3. The quantitative estimate of drug-likeness (QED) is 0.654. The van der Waals surface area contributed by atoms with Crippen molar-refractivity contribution in [2.24, 2.45) is 0 Å². The highest BCUT2D eigenvalue weighted by molar-refractivity contribution is 5.73. The Labute approximate surface area is 119 Å². The molecule has 0 unspecified atom stereocenters. The van der Waals surface area contributed by atoms with Crippen LogP contribution in [0.15, 0.2) is 6.33 Å². The third kappa shape index (κ3) is 4.80. The topological polar surface area (TPSA) is 92.1 Å². The van der Waals surface area contributed by atoms with Gasteiger partial charge in [-0.25, -0.2) is 4.79 Å². The van der Waals surface area contributed by atoms with Gasteiger partial charge in [-0.3, -0.25) is 0 Å². The number of aryl methyl sites for hydroxylation is 1. The minimum atomic E-state index is -0.818. The normalized spacial score (nSPS) is 11.4. The van der Waals surface area contributed by atoms with E-state index in [1.807, 2.05) is 25.3 Å². The van der Waals surface area contributed by atoms with Crippen molar-refractivity contribution in [3.63, 3.8) is 0 Å². The molecule has 20 heavy (non-hydrogen) atoms. The number of nitrogens with one attached hydrogen (secondary N) is 2. The van der Waals surface area contributed by atoms with Crippen molar-refractivity contribution in [2.75, 3.05) is 13.1 Å². The Morgan fingerprint density at radius 3 is 2.65 bits per heavy atom. The Morgan fingerprint density at radius 2 is 2.05 bits per heavy atom. The maximum absolute atomic E-state index is 11.6. The molecule has 0 aromatic carbocycles. The molecule has 0 aliphatic heterocycles. The molecule has 1 aromatic rings. The minimum absolute atomic E-state index is 0.263. The molecule has 7 nitrogen and oxygen atoms in total. The summed E-state index contributed by atoms with van der Waals surface area (Å²) >= 11 is 0. The number of aliphatic hydroxyl groups is 1. The highest BCUT2D eigenvalue weighted by Crippen LogP contribution is 2.12. The number of rotatable bonds is 8. The van der Waals surface area contributed by atoms with E-state index >= 15 is 0 Å². The van der Waals surface area contributed by atoms with Crippen molar-refractivity contribution in [1.82, 2.24) is 25.4 Å². The van der Waals surface area contributed by atoms with E-state index in [2.05, 4.69) is 20.8 Å². The minimum Gasteiger partial charge on any atom is -0.388 e. The van der Waals surface area contributed by atoms with Crippen molar-refractivity contribution in [3.05, 3.63) is 12.2 Å². The van der Waals surface area contributed by atoms with Gasteiger partial charge in [-0.05, 0) is 12.8 Å². The number of carbonyl (C=O) groups excluding carboxylic acids is 1. The smallest absolute Gasteiger partial charge is 0.314 e. The fourth-order valence-corrected chi connectivity index (χ4v) is 1.84. The maximum Gasteiger partial charge on any atom is 0.314 e. The highest BCUT2D eigenvalue weighted by Gasteiger charge is 2.22. The molecule has 0 radical (unpaired) electrons. The summed E-state index contributed by atoms with van der Waals surface area (Å²) in [4.78, 5) is 11.6. The monoisotopic (exact) mass is 283 g/mol. The van der Waals surface area contributed by atoms with Gasteiger partial charge in [0.1, 0.15) is 12.2 Å². The van der Waals surface area contributed by atoms with Gasteiger partial charge in [-0.15, -0.1) is 10.2 Å². The van der Waals surface area contributed by atoms with E-state index in [0.29, 0.717) is 25.9 Å². The Morgan fingerprint density at radius 1 is 1.35 bits per heavy atom. The van der Waals surface area contributed by atoms with Gasteiger partial charge >= 0.3 is 6.03 Å². The van der Waals surface area contributed by atoms with Crippen molar-refractivity contribution in [1.29, 1.82) is 0 Å². The molecule has 1 heterocycles. The van der Waals surface area contributed by atoms with Gasteiger partial charge in [0.15, 0.2) is 0 Å². The molecule has 0 spiro atoms. The summed E-state index contributed by atoms with van der Waals surface area (Å²) in [6.45, 7) is 7.21. The zero-order chi connectivity index (χ0) is 15.0. The first-order valence-corrected chi connectivity index (χ1v) is 7.15. The molecule has 7 heteroatoms. The summed E-state index contributed by atoms with van der Waals surface area (Å²) in [5, 5.41) is 23.3. The number of carbonyl (C=O) groups is 1. The van der Waals surface area contributed by atoms with Crippen molar-refractivity contribution < 1.29 is 9.90 Å². The van der Waals surface area contributed by atoms with E-state index in [0.717, 1.165) is 12.2 Å². The molecule has 114 valence electrons. The second-order valence-corrected chi connectivity index (χ2v) is 4.84. The predicted octanol–water partition coefficient (Wildman–Crippen LogP) is 0.691. The molecule has 1 rings (SSSR count). The molecule has 2 amide bonds. The van der Waals surface area contributed by atoms with Crippen LogP contribution in [0.2, 0.25) is 0 Å². The van der Waals surface area contributed by atoms with E-state index in [9.17, 15) is 9.90 Å². The van der Waals surface area contributed by atoms with Gasteiger partial charge in [-0.1, -0.05) is 20.8 Å². The lowest BCUT2D eigenvalue weighted by Crippen LogP contribution is -2.46. The van der Waals surface area contributed by atoms with Crippen molar-refractivity contribution in [2.45, 2.75) is 52.2 Å². The van der Waals surface area contributed by atoms with Gasteiger partial charge in [0.2, 0.25) is 0 Å². The lowest BCUT2D eigenvalue weighted by molar-refractivity contribution is 0.0349. The van der Waals surface area contributed by atoms with E-state index in [1.165, 1.54) is 0 Å². The highest BCUT2D eigenvalue weighted by atomic mass is 16.3. The van der Waals surface area contributed by atoms with E-state index < -0.39 is 5.60 Å². The number of urea groups is 1. The van der Waals surface area contributed by atoms with Crippen molar-refractivity contribution in [3.8, 4) is 0 Å². The first-order valence-electron chi connectivity index (χ1n) is 7.15. The fourth-order valence-electron chi connectivity index (χ4n) is 1.84. The largest absolute Gasteiger partial charge is 0.388 e. The summed E-state index contributed by atoms with van der Waals surface area (Å²) in [5.74, 6) is 0.901. The molecule has 0 bridgehead atoms. The molecular formula is C13H25N5O2. The first-order chi connectivity index (χ1) is 9.54. The van der Waals surface area contributed by atoms with Gasteiger partial charge in [0.25, 0.3) is 0 Å². The van der Waals surface area contributed by atoms with Crippen LogP contribution < -0.4 is 10.6 Å². The van der Waals surface area contributed by atoms with E-state index in [-0.39, 0.29) is 12.6 Å². The second kappa shape index (κ2) is 7.84. The SMILES string of the molecule is CCc1nncn1CCNC(=O)NCC(O)(CC)CC. The first kappa shape index (κ1) is 16.4. The van der Waals surface area contributed by atoms with E-state index in [4.69, 9.17) is 0 Å². The Kier molecular flexibility index (Phi) is 6.44. The molecule has 0 fully saturated rings. The average molecular weight is 283 g/mol. The molecule has 3 N–H and O–H groups in total. The van der Waals surface area contributed by atoms with Crippen LogP contribution in [0.4, 0.5) is 4.79 Å². The standard InChI is InChI=1S/C13H25N5O2/c1-4-11-17-16-10-18(11)8-7-14-12(19)15-9-13(20,5-2)6-3/h10,20H,4-9H2,1-3H3,(H2,14,15,19). The molecule has 0 saturated heterocycles. The number of nitrogens with zero attached hydrogens (tertiary/aromatic N) is 3. The Hall–Kier alpha value is -1.63. The van der Waals surface area contributed by atoms with Crippen LogP contribution in [0.5, 0.6) is 0 Å². The van der Waals surface area contributed by atoms with Gasteiger partial charge in [0, 0.05) is 26.1 Å². The molecule has 0 saturated carbocycles. The van der Waals surface area contributed by atoms with Crippen LogP contribution in [0, 0.1) is 0 Å². The summed E-state index contributed by atoms with van der Waals surface area (Å²) in [7, 11) is 0. The van der Waals surface area contributed by atoms with Crippen LogP contribution in [-0.4, -0.2) is 44.6 Å². The van der Waals surface area contributed by atoms with E-state index in [1.54, 1.807) is 6.33 Å². The zero-order valence-corrected chi connectivity index (χ0v) is 12.5. The third-order valence-electron chi connectivity index (χ3n) is 3.54. The van der Waals surface area contributed by atoms with Gasteiger partial charge < -0.3 is 20.3 Å². The van der Waals surface area contributed by atoms with Gasteiger partial charge in [0.05, 0.1) is 5.60 Å². The summed E-state index contributed by atoms with van der Waals surface area (Å²) < 4.78 is 1.91. The Balaban J connectivity index is 2.27. The van der Waals surface area contributed by atoms with Crippen LogP contribution >= 0.6 is 0 Å². The fraction of sp³-hybridized carbons (Fsp3) is 0.769. The number of hydrogen-bond donors (Lipinski definition) is 3. The molecule has 1 aromatic heterocycles. The molecule has 0 atom stereocenters. The van der Waals surface area contributed by atoms with Crippen molar-refractivity contribution >= 4 is 6.03 Å². The number of hydrogen-bond acceptors (Lipinski definition) is 4. The second-order valence-electron chi connectivity index (χ2n) is 4.84. The van der Waals surface area contributed by atoms with Crippen LogP contribution in [0.25, 0.3) is 0 Å². The molecule has 0 aliphatic rings. The lowest BCUT2D eigenvalue weighted by atomic mass is 9.98. The summed E-state index contributed by atoms with van der Waals surface area (Å²) in [6, 6.07) is -0.267. The van der Waals surface area contributed by atoms with Crippen LogP contribution in [-0.2, 0) is 13.0 Å². The molecular weight excluding hydrogens is 258 g/mol. The molecule has 0 aliphatic carbocycles.